The Morgan fingerprint density at radius 1 is 1.35 bits per heavy atom. The third-order valence-electron chi connectivity index (χ3n) is 4.52. The highest BCUT2D eigenvalue weighted by Crippen LogP contribution is 2.28. The van der Waals surface area contributed by atoms with E-state index < -0.39 is 0 Å². The summed E-state index contributed by atoms with van der Waals surface area (Å²) >= 11 is 0. The highest BCUT2D eigenvalue weighted by atomic mass is 15.3. The van der Waals surface area contributed by atoms with Crippen LogP contribution < -0.4 is 5.32 Å². The van der Waals surface area contributed by atoms with Gasteiger partial charge in [-0.25, -0.2) is 0 Å². The number of rotatable bonds is 9. The summed E-state index contributed by atoms with van der Waals surface area (Å²) in [6.45, 7) is 5.66. The minimum Gasteiger partial charge on any atom is -0.314 e. The average Bonchev–Trinajstić information content (AvgIpc) is 3.13. The number of nitrogens with zero attached hydrogens (tertiary/aromatic N) is 2. The molecular formula is C17H31N3. The lowest BCUT2D eigenvalue weighted by atomic mass is 10.1. The monoisotopic (exact) mass is 277 g/mol. The van der Waals surface area contributed by atoms with Gasteiger partial charge in [0.2, 0.25) is 0 Å². The summed E-state index contributed by atoms with van der Waals surface area (Å²) < 4.78 is 2.22. The van der Waals surface area contributed by atoms with Crippen LogP contribution in [-0.2, 0) is 6.42 Å². The molecule has 0 saturated heterocycles. The molecule has 1 aromatic heterocycles. The van der Waals surface area contributed by atoms with Crippen molar-refractivity contribution < 1.29 is 0 Å². The van der Waals surface area contributed by atoms with E-state index >= 15 is 0 Å². The van der Waals surface area contributed by atoms with Gasteiger partial charge >= 0.3 is 0 Å². The molecule has 0 aliphatic heterocycles. The molecule has 1 aromatic rings. The first-order valence-electron chi connectivity index (χ1n) is 8.61. The van der Waals surface area contributed by atoms with Gasteiger partial charge < -0.3 is 5.32 Å². The molecule has 114 valence electrons. The van der Waals surface area contributed by atoms with Crippen molar-refractivity contribution in [2.24, 2.45) is 0 Å². The molecule has 3 heteroatoms. The van der Waals surface area contributed by atoms with E-state index in [1.165, 1.54) is 57.1 Å². The summed E-state index contributed by atoms with van der Waals surface area (Å²) in [4.78, 5) is 0. The van der Waals surface area contributed by atoms with Crippen LogP contribution in [0, 0.1) is 0 Å². The van der Waals surface area contributed by atoms with Crippen molar-refractivity contribution in [3.8, 4) is 0 Å². The van der Waals surface area contributed by atoms with Gasteiger partial charge in [-0.3, -0.25) is 4.68 Å². The minimum atomic E-state index is 0.679. The standard InChI is InChI=1S/C17H31N3/c1-3-13-18-15(4-2)8-7-9-16-12-14-20(19-16)17-10-5-6-11-17/h12,14-15,17-18H,3-11,13H2,1-2H3. The van der Waals surface area contributed by atoms with Crippen LogP contribution in [0.5, 0.6) is 0 Å². The van der Waals surface area contributed by atoms with Crippen molar-refractivity contribution >= 4 is 0 Å². The number of hydrogen-bond donors (Lipinski definition) is 1. The second kappa shape index (κ2) is 8.46. The predicted octanol–water partition coefficient (Wildman–Crippen LogP) is 4.10. The minimum absolute atomic E-state index is 0.679. The van der Waals surface area contributed by atoms with Crippen molar-refractivity contribution in [1.29, 1.82) is 0 Å². The third-order valence-corrected chi connectivity index (χ3v) is 4.52. The summed E-state index contributed by atoms with van der Waals surface area (Å²) in [5.41, 5.74) is 1.28. The van der Waals surface area contributed by atoms with Gasteiger partial charge in [0.1, 0.15) is 0 Å². The van der Waals surface area contributed by atoms with Crippen LogP contribution in [0.4, 0.5) is 0 Å². The van der Waals surface area contributed by atoms with Crippen LogP contribution in [0.25, 0.3) is 0 Å². The molecule has 0 aromatic carbocycles. The first-order chi connectivity index (χ1) is 9.83. The molecule has 2 rings (SSSR count). The molecule has 0 spiro atoms. The van der Waals surface area contributed by atoms with Gasteiger partial charge in [-0.05, 0) is 57.6 Å². The maximum Gasteiger partial charge on any atom is 0.0624 e. The zero-order chi connectivity index (χ0) is 14.2. The topological polar surface area (TPSA) is 29.9 Å². The fourth-order valence-corrected chi connectivity index (χ4v) is 3.21. The molecule has 1 atom stereocenters. The van der Waals surface area contributed by atoms with Crippen LogP contribution in [-0.4, -0.2) is 22.4 Å². The van der Waals surface area contributed by atoms with Crippen molar-refractivity contribution in [2.75, 3.05) is 6.54 Å². The zero-order valence-corrected chi connectivity index (χ0v) is 13.3. The molecule has 1 aliphatic carbocycles. The van der Waals surface area contributed by atoms with E-state index in [0.29, 0.717) is 12.1 Å². The zero-order valence-electron chi connectivity index (χ0n) is 13.3. The Bertz CT molecular complexity index is 366. The highest BCUT2D eigenvalue weighted by Gasteiger charge is 2.17. The number of aromatic nitrogens is 2. The summed E-state index contributed by atoms with van der Waals surface area (Å²) in [5.74, 6) is 0. The Labute approximate surface area is 124 Å². The van der Waals surface area contributed by atoms with Crippen LogP contribution in [0.1, 0.15) is 76.9 Å². The molecule has 1 heterocycles. The Hall–Kier alpha value is -0.830. The summed E-state index contributed by atoms with van der Waals surface area (Å²) in [7, 11) is 0. The van der Waals surface area contributed by atoms with E-state index in [2.05, 4.69) is 36.1 Å². The molecular weight excluding hydrogens is 246 g/mol. The molecule has 20 heavy (non-hydrogen) atoms. The van der Waals surface area contributed by atoms with Crippen LogP contribution in [0.2, 0.25) is 0 Å². The largest absolute Gasteiger partial charge is 0.314 e. The van der Waals surface area contributed by atoms with Crippen molar-refractivity contribution in [3.63, 3.8) is 0 Å². The SMILES string of the molecule is CCCNC(CC)CCCc1ccn(C2CCCC2)n1. The van der Waals surface area contributed by atoms with E-state index in [9.17, 15) is 0 Å². The quantitative estimate of drug-likeness (QED) is 0.736. The predicted molar refractivity (Wildman–Crippen MR) is 85.0 cm³/mol. The highest BCUT2D eigenvalue weighted by molar-refractivity contribution is 5.00. The first kappa shape index (κ1) is 15.6. The lowest BCUT2D eigenvalue weighted by molar-refractivity contribution is 0.447. The summed E-state index contributed by atoms with van der Waals surface area (Å²) in [6, 6.07) is 3.59. The number of nitrogens with one attached hydrogen (secondary N) is 1. The van der Waals surface area contributed by atoms with Gasteiger partial charge in [-0.2, -0.15) is 5.10 Å². The maximum atomic E-state index is 4.77. The van der Waals surface area contributed by atoms with Crippen LogP contribution in [0.15, 0.2) is 12.3 Å². The number of hydrogen-bond acceptors (Lipinski definition) is 2. The average molecular weight is 277 g/mol. The Morgan fingerprint density at radius 3 is 2.85 bits per heavy atom. The second-order valence-corrected chi connectivity index (χ2v) is 6.18. The smallest absolute Gasteiger partial charge is 0.0624 e. The van der Waals surface area contributed by atoms with Crippen molar-refractivity contribution in [1.82, 2.24) is 15.1 Å². The van der Waals surface area contributed by atoms with Gasteiger partial charge in [0.15, 0.2) is 0 Å². The summed E-state index contributed by atoms with van der Waals surface area (Å²) in [5, 5.41) is 8.40. The van der Waals surface area contributed by atoms with Crippen LogP contribution in [0.3, 0.4) is 0 Å². The van der Waals surface area contributed by atoms with Gasteiger partial charge in [-0.1, -0.05) is 26.7 Å². The molecule has 3 nitrogen and oxygen atoms in total. The van der Waals surface area contributed by atoms with E-state index in [0.717, 1.165) is 13.0 Å². The molecule has 1 aliphatic rings. The number of aryl methyl sites for hydroxylation is 1. The Kier molecular flexibility index (Phi) is 6.58. The lowest BCUT2D eigenvalue weighted by Gasteiger charge is -2.15. The van der Waals surface area contributed by atoms with Crippen LogP contribution >= 0.6 is 0 Å². The molecule has 1 saturated carbocycles. The molecule has 1 unspecified atom stereocenters. The van der Waals surface area contributed by atoms with E-state index in [4.69, 9.17) is 5.10 Å². The third kappa shape index (κ3) is 4.62. The lowest BCUT2D eigenvalue weighted by Crippen LogP contribution is -2.29. The molecule has 0 bridgehead atoms. The molecule has 0 radical (unpaired) electrons. The summed E-state index contributed by atoms with van der Waals surface area (Å²) in [6.07, 6.45) is 13.7. The molecule has 1 N–H and O–H groups in total. The van der Waals surface area contributed by atoms with E-state index in [1.807, 2.05) is 0 Å². The second-order valence-electron chi connectivity index (χ2n) is 6.18. The van der Waals surface area contributed by atoms with Gasteiger partial charge in [0, 0.05) is 12.2 Å². The molecule has 0 amide bonds. The van der Waals surface area contributed by atoms with E-state index in [-0.39, 0.29) is 0 Å². The fourth-order valence-electron chi connectivity index (χ4n) is 3.21. The Morgan fingerprint density at radius 2 is 2.15 bits per heavy atom. The van der Waals surface area contributed by atoms with Gasteiger partial charge in [0.05, 0.1) is 11.7 Å². The van der Waals surface area contributed by atoms with Crippen molar-refractivity contribution in [3.05, 3.63) is 18.0 Å². The maximum absolute atomic E-state index is 4.77. The van der Waals surface area contributed by atoms with Gasteiger partial charge in [-0.15, -0.1) is 0 Å². The van der Waals surface area contributed by atoms with E-state index in [1.54, 1.807) is 0 Å². The Balaban J connectivity index is 1.70. The van der Waals surface area contributed by atoms with Crippen molar-refractivity contribution in [2.45, 2.75) is 83.7 Å². The fraction of sp³-hybridized carbons (Fsp3) is 0.824. The first-order valence-corrected chi connectivity index (χ1v) is 8.61. The normalized spacial score (nSPS) is 17.7. The molecule has 1 fully saturated rings. The van der Waals surface area contributed by atoms with Gasteiger partial charge in [0.25, 0.3) is 0 Å².